The number of aromatic carboxylic acids is 1. The molecule has 5 nitrogen and oxygen atoms in total. The van der Waals surface area contributed by atoms with Gasteiger partial charge in [0.1, 0.15) is 10.6 Å². The summed E-state index contributed by atoms with van der Waals surface area (Å²) in [7, 11) is 0. The quantitative estimate of drug-likeness (QED) is 0.487. The normalized spacial score (nSPS) is 11.4. The van der Waals surface area contributed by atoms with Crippen LogP contribution in [0.25, 0.3) is 10.8 Å². The number of aromatic hydroxyl groups is 1. The minimum atomic E-state index is -1.06. The zero-order valence-corrected chi connectivity index (χ0v) is 17.4. The second-order valence-corrected chi connectivity index (χ2v) is 7.31. The van der Waals surface area contributed by atoms with Gasteiger partial charge in [0.25, 0.3) is 0 Å². The van der Waals surface area contributed by atoms with Gasteiger partial charge in [0.05, 0.1) is 10.7 Å². The maximum atomic E-state index is 12.4. The fraction of sp³-hybridized carbons (Fsp3) is 0.238. The Balaban J connectivity index is 0.00000136. The highest BCUT2D eigenvalue weighted by molar-refractivity contribution is 7.12. The molecule has 0 aliphatic rings. The summed E-state index contributed by atoms with van der Waals surface area (Å²) in [5.74, 6) is -1.61. The second kappa shape index (κ2) is 9.57. The number of halogens is 1. The Kier molecular flexibility index (Phi) is 7.43. The highest BCUT2D eigenvalue weighted by atomic mass is 35.5. The van der Waals surface area contributed by atoms with Crippen LogP contribution in [0.4, 0.5) is 5.69 Å². The summed E-state index contributed by atoms with van der Waals surface area (Å²) in [6.07, 6.45) is 0.493. The monoisotopic (exact) mass is 419 g/mol. The maximum Gasteiger partial charge on any atom is 0.348 e. The van der Waals surface area contributed by atoms with Crippen LogP contribution in [0, 0.1) is 5.92 Å². The van der Waals surface area contributed by atoms with Crippen molar-refractivity contribution in [1.29, 1.82) is 0 Å². The molecule has 0 saturated carbocycles. The molecule has 1 amide bonds. The van der Waals surface area contributed by atoms with E-state index in [0.717, 1.165) is 27.7 Å². The van der Waals surface area contributed by atoms with Crippen LogP contribution < -0.4 is 5.32 Å². The largest absolute Gasteiger partial charge is 0.506 e. The van der Waals surface area contributed by atoms with Crippen LogP contribution in [-0.2, 0) is 11.2 Å². The molecule has 2 aromatic carbocycles. The summed E-state index contributed by atoms with van der Waals surface area (Å²) < 4.78 is 0. The van der Waals surface area contributed by atoms with Crippen molar-refractivity contribution in [2.45, 2.75) is 27.2 Å². The molecule has 3 N–H and O–H groups in total. The van der Waals surface area contributed by atoms with E-state index in [1.54, 1.807) is 24.4 Å². The number of amides is 1. The van der Waals surface area contributed by atoms with Crippen molar-refractivity contribution in [2.24, 2.45) is 5.92 Å². The van der Waals surface area contributed by atoms with E-state index >= 15 is 0 Å². The lowest BCUT2D eigenvalue weighted by Gasteiger charge is -2.13. The molecule has 28 heavy (non-hydrogen) atoms. The van der Waals surface area contributed by atoms with Crippen LogP contribution in [0.15, 0.2) is 41.8 Å². The Morgan fingerprint density at radius 2 is 1.89 bits per heavy atom. The molecule has 1 atom stereocenters. The minimum Gasteiger partial charge on any atom is -0.506 e. The number of anilines is 1. The molecule has 0 spiro atoms. The molecule has 1 unspecified atom stereocenters. The van der Waals surface area contributed by atoms with Crippen molar-refractivity contribution in [2.75, 3.05) is 5.32 Å². The summed E-state index contributed by atoms with van der Waals surface area (Å²) in [6, 6.07) is 10.5. The Morgan fingerprint density at radius 1 is 1.18 bits per heavy atom. The number of nitrogens with one attached hydrogen (secondary N) is 1. The molecule has 0 aliphatic carbocycles. The first-order valence-corrected chi connectivity index (χ1v) is 10.1. The Morgan fingerprint density at radius 3 is 2.57 bits per heavy atom. The van der Waals surface area contributed by atoms with E-state index in [9.17, 15) is 14.7 Å². The van der Waals surface area contributed by atoms with Gasteiger partial charge in [-0.25, -0.2) is 4.79 Å². The predicted molar refractivity (Wildman–Crippen MR) is 115 cm³/mol. The number of phenols is 1. The third-order valence-corrected chi connectivity index (χ3v) is 5.40. The summed E-state index contributed by atoms with van der Waals surface area (Å²) in [6.45, 7) is 5.79. The first kappa shape index (κ1) is 21.7. The minimum absolute atomic E-state index is 0.0321. The summed E-state index contributed by atoms with van der Waals surface area (Å²) in [5.41, 5.74) is 1.27. The van der Waals surface area contributed by atoms with Crippen LogP contribution >= 0.6 is 22.9 Å². The van der Waals surface area contributed by atoms with E-state index in [1.807, 2.05) is 32.0 Å². The average Bonchev–Trinajstić information content (AvgIpc) is 3.15. The number of fused-ring (bicyclic) bond motifs is 1. The molecule has 0 fully saturated rings. The topological polar surface area (TPSA) is 86.6 Å². The molecule has 3 rings (SSSR count). The zero-order chi connectivity index (χ0) is 20.8. The lowest BCUT2D eigenvalue weighted by Crippen LogP contribution is -2.22. The van der Waals surface area contributed by atoms with E-state index in [1.165, 1.54) is 6.07 Å². The fourth-order valence-corrected chi connectivity index (χ4v) is 3.65. The third-order valence-electron chi connectivity index (χ3n) is 4.10. The van der Waals surface area contributed by atoms with Gasteiger partial charge in [-0.2, -0.15) is 0 Å². The van der Waals surface area contributed by atoms with Gasteiger partial charge in [0, 0.05) is 11.3 Å². The molecule has 0 bridgehead atoms. The lowest BCUT2D eigenvalue weighted by molar-refractivity contribution is -0.119. The van der Waals surface area contributed by atoms with E-state index in [0.29, 0.717) is 17.1 Å². The van der Waals surface area contributed by atoms with E-state index in [2.05, 4.69) is 5.32 Å². The van der Waals surface area contributed by atoms with Crippen molar-refractivity contribution in [3.8, 4) is 5.75 Å². The zero-order valence-electron chi connectivity index (χ0n) is 15.8. The van der Waals surface area contributed by atoms with Gasteiger partial charge in [-0.15, -0.1) is 11.3 Å². The van der Waals surface area contributed by atoms with Gasteiger partial charge in [-0.1, -0.05) is 56.6 Å². The van der Waals surface area contributed by atoms with Gasteiger partial charge in [0.2, 0.25) is 5.91 Å². The highest BCUT2D eigenvalue weighted by Gasteiger charge is 2.18. The van der Waals surface area contributed by atoms with Crippen molar-refractivity contribution < 1.29 is 19.8 Å². The molecule has 0 saturated heterocycles. The molecule has 3 aromatic rings. The lowest BCUT2D eigenvalue weighted by atomic mass is 9.97. The Hall–Kier alpha value is -2.57. The third kappa shape index (κ3) is 4.82. The molecule has 1 aromatic heterocycles. The first-order valence-electron chi connectivity index (χ1n) is 8.88. The number of carboxylic acid groups (broad SMARTS) is 1. The maximum absolute atomic E-state index is 12.4. The number of phenolic OH excluding ortho intramolecular Hbond substituents is 1. The van der Waals surface area contributed by atoms with E-state index in [4.69, 9.17) is 16.7 Å². The highest BCUT2D eigenvalue weighted by Crippen LogP contribution is 2.32. The Bertz CT molecular complexity index is 999. The number of carbonyl (C=O) groups is 2. The van der Waals surface area contributed by atoms with Crippen LogP contribution in [0.2, 0.25) is 5.02 Å². The molecular formula is C21H22ClNO4S. The van der Waals surface area contributed by atoms with Crippen LogP contribution in [-0.4, -0.2) is 22.1 Å². The molecule has 1 heterocycles. The first-order chi connectivity index (χ1) is 13.4. The number of carboxylic acids is 1. The predicted octanol–water partition coefficient (Wildman–Crippen LogP) is 5.80. The van der Waals surface area contributed by atoms with Gasteiger partial charge < -0.3 is 15.5 Å². The van der Waals surface area contributed by atoms with E-state index < -0.39 is 5.97 Å². The summed E-state index contributed by atoms with van der Waals surface area (Å²) in [4.78, 5) is 23.6. The fourth-order valence-electron chi connectivity index (χ4n) is 2.73. The number of hydrogen-bond donors (Lipinski definition) is 3. The van der Waals surface area contributed by atoms with Crippen LogP contribution in [0.1, 0.15) is 36.0 Å². The van der Waals surface area contributed by atoms with Gasteiger partial charge in [-0.3, -0.25) is 4.79 Å². The molecule has 7 heteroatoms. The standard InChI is InChI=1S/C19H16ClNO4S.C2H6/c1-10(18(23)21-14-6-7-26-17(14)19(24)25)8-11-2-4-13-12(9-11)3-5-15(22)16(13)20;1-2/h2-7,9-10,22H,8H2,1H3,(H,21,23)(H,24,25);1-2H3. The summed E-state index contributed by atoms with van der Waals surface area (Å²) in [5, 5.41) is 25.0. The summed E-state index contributed by atoms with van der Waals surface area (Å²) >= 11 is 7.17. The number of thiophene rings is 1. The second-order valence-electron chi connectivity index (χ2n) is 6.02. The molecular weight excluding hydrogens is 398 g/mol. The molecule has 148 valence electrons. The number of rotatable bonds is 5. The van der Waals surface area contributed by atoms with Crippen molar-refractivity contribution in [3.63, 3.8) is 0 Å². The number of carbonyl (C=O) groups excluding carboxylic acids is 1. The molecule has 0 aliphatic heterocycles. The SMILES string of the molecule is CC.CC(Cc1ccc2c(Cl)c(O)ccc2c1)C(=O)Nc1ccsc1C(=O)O. The van der Waals surface area contributed by atoms with Crippen molar-refractivity contribution in [1.82, 2.24) is 0 Å². The average molecular weight is 420 g/mol. The van der Waals surface area contributed by atoms with Gasteiger partial charge >= 0.3 is 5.97 Å². The van der Waals surface area contributed by atoms with Crippen LogP contribution in [0.5, 0.6) is 5.75 Å². The van der Waals surface area contributed by atoms with E-state index in [-0.39, 0.29) is 22.5 Å². The number of hydrogen-bond acceptors (Lipinski definition) is 4. The van der Waals surface area contributed by atoms with Crippen molar-refractivity contribution >= 4 is 51.3 Å². The van der Waals surface area contributed by atoms with Gasteiger partial charge in [0.15, 0.2) is 0 Å². The van der Waals surface area contributed by atoms with Crippen molar-refractivity contribution in [3.05, 3.63) is 57.2 Å². The Labute approximate surface area is 172 Å². The number of benzene rings is 2. The van der Waals surface area contributed by atoms with Crippen LogP contribution in [0.3, 0.4) is 0 Å². The molecule has 0 radical (unpaired) electrons. The smallest absolute Gasteiger partial charge is 0.348 e. The van der Waals surface area contributed by atoms with Gasteiger partial charge in [-0.05, 0) is 34.9 Å².